The van der Waals surface area contributed by atoms with Gasteiger partial charge in [0.2, 0.25) is 0 Å². The van der Waals surface area contributed by atoms with Gasteiger partial charge in [-0.05, 0) is 27.8 Å². The lowest BCUT2D eigenvalue weighted by Gasteiger charge is -2.19. The minimum absolute atomic E-state index is 0.0492. The largest absolute Gasteiger partial charge is 0.378 e. The fourth-order valence-electron chi connectivity index (χ4n) is 0.683. The van der Waals surface area contributed by atoms with E-state index in [9.17, 15) is 0 Å². The molecular formula is C9H21NO2. The SMILES string of the molecule is CNCCOCCOC(C)(C)C. The van der Waals surface area contributed by atoms with Crippen molar-refractivity contribution in [2.45, 2.75) is 26.4 Å². The lowest BCUT2D eigenvalue weighted by atomic mass is 10.2. The van der Waals surface area contributed by atoms with Crippen LogP contribution in [0.1, 0.15) is 20.8 Å². The first-order valence-corrected chi connectivity index (χ1v) is 4.42. The van der Waals surface area contributed by atoms with Crippen molar-refractivity contribution in [3.63, 3.8) is 0 Å². The van der Waals surface area contributed by atoms with Gasteiger partial charge in [0.25, 0.3) is 0 Å². The molecule has 0 aliphatic carbocycles. The van der Waals surface area contributed by atoms with E-state index in [-0.39, 0.29) is 5.60 Å². The first-order chi connectivity index (χ1) is 5.56. The molecule has 3 heteroatoms. The Morgan fingerprint density at radius 1 is 1.08 bits per heavy atom. The summed E-state index contributed by atoms with van der Waals surface area (Å²) in [6.45, 7) is 9.13. The minimum atomic E-state index is -0.0492. The van der Waals surface area contributed by atoms with E-state index in [2.05, 4.69) is 5.32 Å². The Morgan fingerprint density at radius 2 is 1.75 bits per heavy atom. The van der Waals surface area contributed by atoms with Crippen LogP contribution in [-0.4, -0.2) is 39.0 Å². The number of likely N-dealkylation sites (N-methyl/N-ethyl adjacent to an activating group) is 1. The van der Waals surface area contributed by atoms with Crippen molar-refractivity contribution in [2.75, 3.05) is 33.4 Å². The van der Waals surface area contributed by atoms with E-state index in [1.165, 1.54) is 0 Å². The molecule has 0 saturated carbocycles. The van der Waals surface area contributed by atoms with Gasteiger partial charge in [-0.1, -0.05) is 0 Å². The van der Waals surface area contributed by atoms with Gasteiger partial charge in [-0.3, -0.25) is 0 Å². The predicted octanol–water partition coefficient (Wildman–Crippen LogP) is 1.04. The van der Waals surface area contributed by atoms with Gasteiger partial charge in [0.15, 0.2) is 0 Å². The van der Waals surface area contributed by atoms with E-state index in [1.807, 2.05) is 27.8 Å². The summed E-state index contributed by atoms with van der Waals surface area (Å²) in [4.78, 5) is 0. The second-order valence-corrected chi connectivity index (χ2v) is 3.68. The first-order valence-electron chi connectivity index (χ1n) is 4.42. The second-order valence-electron chi connectivity index (χ2n) is 3.68. The Labute approximate surface area is 75.4 Å². The van der Waals surface area contributed by atoms with Crippen LogP contribution in [0.5, 0.6) is 0 Å². The van der Waals surface area contributed by atoms with Gasteiger partial charge in [-0.2, -0.15) is 0 Å². The molecule has 0 amide bonds. The standard InChI is InChI=1S/C9H21NO2/c1-9(2,3)12-8-7-11-6-5-10-4/h10H,5-8H2,1-4H3. The third kappa shape index (κ3) is 9.88. The molecule has 0 radical (unpaired) electrons. The van der Waals surface area contributed by atoms with E-state index < -0.39 is 0 Å². The van der Waals surface area contributed by atoms with Crippen molar-refractivity contribution in [1.82, 2.24) is 5.32 Å². The molecule has 0 aromatic heterocycles. The summed E-state index contributed by atoms with van der Waals surface area (Å²) in [7, 11) is 1.91. The van der Waals surface area contributed by atoms with Gasteiger partial charge in [0, 0.05) is 6.54 Å². The van der Waals surface area contributed by atoms with Crippen molar-refractivity contribution < 1.29 is 9.47 Å². The Balaban J connectivity index is 3.01. The highest BCUT2D eigenvalue weighted by Gasteiger charge is 2.08. The molecule has 0 rings (SSSR count). The highest BCUT2D eigenvalue weighted by atomic mass is 16.5. The number of hydrogen-bond acceptors (Lipinski definition) is 3. The van der Waals surface area contributed by atoms with Crippen LogP contribution < -0.4 is 5.32 Å². The van der Waals surface area contributed by atoms with Gasteiger partial charge >= 0.3 is 0 Å². The predicted molar refractivity (Wildman–Crippen MR) is 50.5 cm³/mol. The molecule has 0 fully saturated rings. The summed E-state index contributed by atoms with van der Waals surface area (Å²) in [5, 5.41) is 3.01. The maximum absolute atomic E-state index is 5.46. The van der Waals surface area contributed by atoms with E-state index in [1.54, 1.807) is 0 Å². The van der Waals surface area contributed by atoms with Crippen LogP contribution in [0.2, 0.25) is 0 Å². The van der Waals surface area contributed by atoms with Crippen LogP contribution in [0.3, 0.4) is 0 Å². The maximum Gasteiger partial charge on any atom is 0.0707 e. The van der Waals surface area contributed by atoms with Crippen LogP contribution in [-0.2, 0) is 9.47 Å². The average molecular weight is 175 g/mol. The Kier molecular flexibility index (Phi) is 6.34. The van der Waals surface area contributed by atoms with Gasteiger partial charge in [-0.25, -0.2) is 0 Å². The molecule has 12 heavy (non-hydrogen) atoms. The van der Waals surface area contributed by atoms with Crippen LogP contribution in [0, 0.1) is 0 Å². The molecule has 0 spiro atoms. The molecule has 0 aromatic rings. The molecule has 74 valence electrons. The fraction of sp³-hybridized carbons (Fsp3) is 1.00. The van der Waals surface area contributed by atoms with Gasteiger partial charge in [0.05, 0.1) is 25.4 Å². The molecule has 1 N–H and O–H groups in total. The van der Waals surface area contributed by atoms with Gasteiger partial charge < -0.3 is 14.8 Å². The zero-order chi connectivity index (χ0) is 9.45. The van der Waals surface area contributed by atoms with Crippen molar-refractivity contribution in [1.29, 1.82) is 0 Å². The van der Waals surface area contributed by atoms with Crippen LogP contribution in [0.4, 0.5) is 0 Å². The van der Waals surface area contributed by atoms with Gasteiger partial charge in [0.1, 0.15) is 0 Å². The molecule has 0 saturated heterocycles. The minimum Gasteiger partial charge on any atom is -0.378 e. The monoisotopic (exact) mass is 175 g/mol. The quantitative estimate of drug-likeness (QED) is 0.612. The summed E-state index contributed by atoms with van der Waals surface area (Å²) in [5.41, 5.74) is -0.0492. The third-order valence-electron chi connectivity index (χ3n) is 1.26. The molecule has 0 bridgehead atoms. The number of nitrogens with one attached hydrogen (secondary N) is 1. The van der Waals surface area contributed by atoms with Gasteiger partial charge in [-0.15, -0.1) is 0 Å². The third-order valence-corrected chi connectivity index (χ3v) is 1.26. The zero-order valence-electron chi connectivity index (χ0n) is 8.64. The lowest BCUT2D eigenvalue weighted by molar-refractivity contribution is -0.0342. The number of rotatable bonds is 6. The van der Waals surface area contributed by atoms with Crippen molar-refractivity contribution >= 4 is 0 Å². The smallest absolute Gasteiger partial charge is 0.0707 e. The summed E-state index contributed by atoms with van der Waals surface area (Å²) in [6.07, 6.45) is 0. The van der Waals surface area contributed by atoms with E-state index >= 15 is 0 Å². The van der Waals surface area contributed by atoms with Crippen molar-refractivity contribution in [3.8, 4) is 0 Å². The Bertz CT molecular complexity index is 99.2. The Morgan fingerprint density at radius 3 is 2.25 bits per heavy atom. The van der Waals surface area contributed by atoms with Crippen LogP contribution in [0.25, 0.3) is 0 Å². The molecule has 0 aliphatic heterocycles. The Hall–Kier alpha value is -0.120. The van der Waals surface area contributed by atoms with Crippen molar-refractivity contribution in [2.24, 2.45) is 0 Å². The summed E-state index contributed by atoms with van der Waals surface area (Å²) >= 11 is 0. The molecule has 0 aromatic carbocycles. The maximum atomic E-state index is 5.46. The topological polar surface area (TPSA) is 30.5 Å². The first kappa shape index (κ1) is 11.9. The average Bonchev–Trinajstić information content (AvgIpc) is 1.94. The highest BCUT2D eigenvalue weighted by Crippen LogP contribution is 2.05. The number of hydrogen-bond donors (Lipinski definition) is 1. The summed E-state index contributed by atoms with van der Waals surface area (Å²) in [6, 6.07) is 0. The van der Waals surface area contributed by atoms with Crippen molar-refractivity contribution in [3.05, 3.63) is 0 Å². The second kappa shape index (κ2) is 6.40. The van der Waals surface area contributed by atoms with Crippen LogP contribution >= 0.6 is 0 Å². The molecule has 0 unspecified atom stereocenters. The number of ether oxygens (including phenoxy) is 2. The summed E-state index contributed by atoms with van der Waals surface area (Å²) in [5.74, 6) is 0. The molecule has 0 atom stereocenters. The zero-order valence-corrected chi connectivity index (χ0v) is 8.64. The highest BCUT2D eigenvalue weighted by molar-refractivity contribution is 4.57. The summed E-state index contributed by atoms with van der Waals surface area (Å²) < 4.78 is 10.7. The normalized spacial score (nSPS) is 12.0. The van der Waals surface area contributed by atoms with E-state index in [4.69, 9.17) is 9.47 Å². The van der Waals surface area contributed by atoms with E-state index in [0.29, 0.717) is 13.2 Å². The molecular weight excluding hydrogens is 154 g/mol. The fourth-order valence-corrected chi connectivity index (χ4v) is 0.683. The lowest BCUT2D eigenvalue weighted by Crippen LogP contribution is -2.23. The van der Waals surface area contributed by atoms with E-state index in [0.717, 1.165) is 13.2 Å². The molecule has 0 heterocycles. The molecule has 0 aliphatic rings. The van der Waals surface area contributed by atoms with Crippen LogP contribution in [0.15, 0.2) is 0 Å². The molecule has 3 nitrogen and oxygen atoms in total.